The topological polar surface area (TPSA) is 55.8 Å². The first-order valence-electron chi connectivity index (χ1n) is 8.04. The molecule has 0 aromatic heterocycles. The molecule has 0 fully saturated rings. The van der Waals surface area contributed by atoms with E-state index in [4.69, 9.17) is 9.47 Å². The molecule has 5 nitrogen and oxygen atoms in total. The Labute approximate surface area is 155 Å². The van der Waals surface area contributed by atoms with Gasteiger partial charge in [-0.1, -0.05) is 30.4 Å². The Balaban J connectivity index is 2.71. The summed E-state index contributed by atoms with van der Waals surface area (Å²) in [5, 5.41) is 0. The van der Waals surface area contributed by atoms with E-state index >= 15 is 0 Å². The van der Waals surface area contributed by atoms with Gasteiger partial charge in [-0.2, -0.15) is 0 Å². The molecule has 2 rings (SSSR count). The molecule has 6 heteroatoms. The molecule has 0 unspecified atom stereocenters. The van der Waals surface area contributed by atoms with Gasteiger partial charge in [0.15, 0.2) is 11.5 Å². The van der Waals surface area contributed by atoms with E-state index in [1.54, 1.807) is 54.6 Å². The molecule has 0 N–H and O–H groups in total. The first kappa shape index (κ1) is 19.6. The molecule has 0 heterocycles. The second-order valence-corrected chi connectivity index (χ2v) is 7.29. The third-order valence-corrected chi connectivity index (χ3v) is 5.66. The smallest absolute Gasteiger partial charge is 0.264 e. The summed E-state index contributed by atoms with van der Waals surface area (Å²) in [5.74, 6) is 1.02. The Hall–Kier alpha value is -2.73. The van der Waals surface area contributed by atoms with Gasteiger partial charge in [-0.25, -0.2) is 8.42 Å². The van der Waals surface area contributed by atoms with Crippen molar-refractivity contribution < 1.29 is 17.9 Å². The number of nitrogens with zero attached hydrogens (tertiary/aromatic N) is 1. The predicted octanol–water partition coefficient (Wildman–Crippen LogP) is 3.81. The molecule has 2 aromatic rings. The Morgan fingerprint density at radius 3 is 2.23 bits per heavy atom. The standard InChI is InChI=1S/C20H23NO4S/c1-5-10-17-18(13-14-19(24-3)20(17)25-4)21(15-6-2)26(22,23)16-11-8-7-9-12-16/h5-9,11-14H,1-2,10,15H2,3-4H3. The fourth-order valence-electron chi connectivity index (χ4n) is 2.72. The van der Waals surface area contributed by atoms with Gasteiger partial charge in [0.05, 0.1) is 31.3 Å². The van der Waals surface area contributed by atoms with Crippen LogP contribution in [0.2, 0.25) is 0 Å². The van der Waals surface area contributed by atoms with Gasteiger partial charge in [-0.05, 0) is 30.7 Å². The molecular weight excluding hydrogens is 350 g/mol. The fraction of sp³-hybridized carbons (Fsp3) is 0.200. The minimum absolute atomic E-state index is 0.122. The van der Waals surface area contributed by atoms with E-state index in [9.17, 15) is 8.42 Å². The molecular formula is C20H23NO4S. The van der Waals surface area contributed by atoms with E-state index in [1.807, 2.05) is 0 Å². The van der Waals surface area contributed by atoms with Crippen molar-refractivity contribution in [2.24, 2.45) is 0 Å². The van der Waals surface area contributed by atoms with Crippen LogP contribution in [0.5, 0.6) is 11.5 Å². The van der Waals surface area contributed by atoms with Crippen LogP contribution >= 0.6 is 0 Å². The van der Waals surface area contributed by atoms with E-state index in [0.29, 0.717) is 29.2 Å². The van der Waals surface area contributed by atoms with Crippen molar-refractivity contribution in [3.05, 3.63) is 73.3 Å². The monoisotopic (exact) mass is 373 g/mol. The Morgan fingerprint density at radius 2 is 1.69 bits per heavy atom. The maximum atomic E-state index is 13.2. The second kappa shape index (κ2) is 8.58. The van der Waals surface area contributed by atoms with Crippen molar-refractivity contribution in [3.63, 3.8) is 0 Å². The van der Waals surface area contributed by atoms with Crippen molar-refractivity contribution in [1.82, 2.24) is 0 Å². The van der Waals surface area contributed by atoms with Crippen LogP contribution in [-0.4, -0.2) is 29.2 Å². The number of hydrogen-bond donors (Lipinski definition) is 0. The lowest BCUT2D eigenvalue weighted by molar-refractivity contribution is 0.352. The summed E-state index contributed by atoms with van der Waals surface area (Å²) in [6.45, 7) is 7.59. The summed E-state index contributed by atoms with van der Waals surface area (Å²) in [4.78, 5) is 0.209. The minimum Gasteiger partial charge on any atom is -0.493 e. The summed E-state index contributed by atoms with van der Waals surface area (Å²) < 4.78 is 38.6. The van der Waals surface area contributed by atoms with Gasteiger partial charge in [0, 0.05) is 5.56 Å². The summed E-state index contributed by atoms with van der Waals surface area (Å²) in [6.07, 6.45) is 3.67. The van der Waals surface area contributed by atoms with Gasteiger partial charge < -0.3 is 9.47 Å². The molecule has 0 saturated carbocycles. The third-order valence-electron chi connectivity index (χ3n) is 3.87. The van der Waals surface area contributed by atoms with Crippen LogP contribution < -0.4 is 13.8 Å². The van der Waals surface area contributed by atoms with Crippen LogP contribution in [0.4, 0.5) is 5.69 Å². The molecule has 0 spiro atoms. The van der Waals surface area contributed by atoms with Crippen LogP contribution in [0.25, 0.3) is 0 Å². The van der Waals surface area contributed by atoms with Crippen LogP contribution in [0.1, 0.15) is 5.56 Å². The average molecular weight is 373 g/mol. The molecule has 0 aliphatic carbocycles. The van der Waals surface area contributed by atoms with E-state index in [2.05, 4.69) is 13.2 Å². The summed E-state index contributed by atoms with van der Waals surface area (Å²) in [5.41, 5.74) is 1.19. The Bertz CT molecular complexity index is 876. The molecule has 0 bridgehead atoms. The lowest BCUT2D eigenvalue weighted by atomic mass is 10.1. The quantitative estimate of drug-likeness (QED) is 0.627. The number of hydrogen-bond acceptors (Lipinski definition) is 4. The molecule has 0 amide bonds. The van der Waals surface area contributed by atoms with Gasteiger partial charge >= 0.3 is 0 Å². The van der Waals surface area contributed by atoms with Gasteiger partial charge in [-0.3, -0.25) is 4.31 Å². The first-order valence-corrected chi connectivity index (χ1v) is 9.48. The Kier molecular flexibility index (Phi) is 6.46. The predicted molar refractivity (Wildman–Crippen MR) is 105 cm³/mol. The lowest BCUT2D eigenvalue weighted by Gasteiger charge is -2.27. The SMILES string of the molecule is C=CCc1c(N(CC=C)S(=O)(=O)c2ccccc2)ccc(OC)c1OC. The number of allylic oxidation sites excluding steroid dienone is 1. The highest BCUT2D eigenvalue weighted by Gasteiger charge is 2.27. The van der Waals surface area contributed by atoms with E-state index in [0.717, 1.165) is 0 Å². The third kappa shape index (κ3) is 3.75. The zero-order chi connectivity index (χ0) is 19.2. The normalized spacial score (nSPS) is 10.8. The maximum absolute atomic E-state index is 13.2. The molecule has 0 radical (unpaired) electrons. The van der Waals surface area contributed by atoms with Crippen molar-refractivity contribution in [2.75, 3.05) is 25.1 Å². The van der Waals surface area contributed by atoms with Crippen LogP contribution in [-0.2, 0) is 16.4 Å². The van der Waals surface area contributed by atoms with Crippen molar-refractivity contribution >= 4 is 15.7 Å². The fourth-order valence-corrected chi connectivity index (χ4v) is 4.21. The lowest BCUT2D eigenvalue weighted by Crippen LogP contribution is -2.32. The first-order chi connectivity index (χ1) is 12.5. The highest BCUT2D eigenvalue weighted by atomic mass is 32.2. The minimum atomic E-state index is -3.77. The zero-order valence-corrected chi connectivity index (χ0v) is 15.8. The number of methoxy groups -OCH3 is 2. The van der Waals surface area contributed by atoms with Crippen molar-refractivity contribution in [3.8, 4) is 11.5 Å². The van der Waals surface area contributed by atoms with Gasteiger partial charge in [0.2, 0.25) is 0 Å². The van der Waals surface area contributed by atoms with Gasteiger partial charge in [0.1, 0.15) is 0 Å². The van der Waals surface area contributed by atoms with Gasteiger partial charge in [-0.15, -0.1) is 13.2 Å². The van der Waals surface area contributed by atoms with E-state index in [1.165, 1.54) is 18.5 Å². The Morgan fingerprint density at radius 1 is 1.00 bits per heavy atom. The highest BCUT2D eigenvalue weighted by molar-refractivity contribution is 7.92. The number of rotatable bonds is 9. The molecule has 2 aromatic carbocycles. The number of sulfonamides is 1. The van der Waals surface area contributed by atoms with Crippen LogP contribution in [0.15, 0.2) is 72.7 Å². The highest BCUT2D eigenvalue weighted by Crippen LogP contribution is 2.39. The van der Waals surface area contributed by atoms with Crippen molar-refractivity contribution in [2.45, 2.75) is 11.3 Å². The van der Waals surface area contributed by atoms with E-state index in [-0.39, 0.29) is 11.4 Å². The van der Waals surface area contributed by atoms with Gasteiger partial charge in [0.25, 0.3) is 10.0 Å². The summed E-state index contributed by atoms with van der Waals surface area (Å²) >= 11 is 0. The molecule has 0 atom stereocenters. The number of ether oxygens (including phenoxy) is 2. The molecule has 0 saturated heterocycles. The molecule has 26 heavy (non-hydrogen) atoms. The summed E-state index contributed by atoms with van der Waals surface area (Å²) in [6, 6.07) is 11.7. The molecule has 138 valence electrons. The maximum Gasteiger partial charge on any atom is 0.264 e. The van der Waals surface area contributed by atoms with Crippen molar-refractivity contribution in [1.29, 1.82) is 0 Å². The van der Waals surface area contributed by atoms with Crippen LogP contribution in [0, 0.1) is 0 Å². The largest absolute Gasteiger partial charge is 0.493 e. The van der Waals surface area contributed by atoms with E-state index < -0.39 is 10.0 Å². The second-order valence-electron chi connectivity index (χ2n) is 5.43. The number of anilines is 1. The molecule has 0 aliphatic rings. The number of benzene rings is 2. The van der Waals surface area contributed by atoms with Crippen LogP contribution in [0.3, 0.4) is 0 Å². The molecule has 0 aliphatic heterocycles. The summed E-state index contributed by atoms with van der Waals surface area (Å²) in [7, 11) is -0.706. The average Bonchev–Trinajstić information content (AvgIpc) is 2.66. The zero-order valence-electron chi connectivity index (χ0n) is 15.0.